The fraction of sp³-hybridized carbons (Fsp3) is 0.245. The van der Waals surface area contributed by atoms with Gasteiger partial charge in [0.05, 0.1) is 35.0 Å². The van der Waals surface area contributed by atoms with Gasteiger partial charge in [-0.2, -0.15) is 10.2 Å². The largest absolute Gasteiger partial charge is 0.494 e. The van der Waals surface area contributed by atoms with Crippen LogP contribution in [0.2, 0.25) is 5.02 Å². The Balaban J connectivity index is 0.812. The molecule has 0 saturated carbocycles. The lowest BCUT2D eigenvalue weighted by Gasteiger charge is -2.35. The number of H-pyrrole nitrogens is 2. The van der Waals surface area contributed by atoms with Gasteiger partial charge < -0.3 is 14.5 Å². The molecule has 0 aliphatic carbocycles. The maximum absolute atomic E-state index is 15.3. The molecule has 0 spiro atoms. The average Bonchev–Trinajstić information content (AvgIpc) is 3.77. The highest BCUT2D eigenvalue weighted by Gasteiger charge is 2.27. The lowest BCUT2D eigenvalue weighted by Crippen LogP contribution is -2.50. The highest BCUT2D eigenvalue weighted by Crippen LogP contribution is 2.37. The van der Waals surface area contributed by atoms with E-state index in [2.05, 4.69) is 26.5 Å². The zero-order valence-electron chi connectivity index (χ0n) is 34.2. The van der Waals surface area contributed by atoms with Gasteiger partial charge in [-0.15, -0.1) is 0 Å². The standard InChI is InChI=1S/C49H45ClF2N6O4/c1-2-37(38-18-15-35(50)29-43(38)52)47(33-14-20-44-34(28-33)30-53-54-44)32-12-16-36(17-13-32)62-25-7-3-4-10-46(59)57-21-23-58(24-22-57)49(61)41-26-31(11-19-42(41)51)27-45-39-8-5-6-9-40(39)48(60)56-55-45/h5-6,8-9,11-20,26,28-30H,2-4,7,10,21-25,27H2,1H3,(H,53,54)(H,56,60)/b47-37+. The van der Waals surface area contributed by atoms with Crippen molar-refractivity contribution in [3.63, 3.8) is 0 Å². The molecule has 316 valence electrons. The maximum Gasteiger partial charge on any atom is 0.272 e. The Labute approximate surface area is 362 Å². The number of nitrogens with one attached hydrogen (secondary N) is 2. The third-order valence-corrected chi connectivity index (χ3v) is 11.6. The molecular formula is C49H45ClF2N6O4. The van der Waals surface area contributed by atoms with E-state index in [9.17, 15) is 18.8 Å². The maximum atomic E-state index is 15.3. The third kappa shape index (κ3) is 9.30. The Hall–Kier alpha value is -6.66. The predicted octanol–water partition coefficient (Wildman–Crippen LogP) is 9.61. The fourth-order valence-corrected chi connectivity index (χ4v) is 8.30. The molecule has 0 unspecified atom stereocenters. The highest BCUT2D eigenvalue weighted by molar-refractivity contribution is 6.30. The fourth-order valence-electron chi connectivity index (χ4n) is 8.15. The topological polar surface area (TPSA) is 124 Å². The molecule has 2 N–H and O–H groups in total. The molecule has 10 nitrogen and oxygen atoms in total. The molecule has 7 aromatic rings. The third-order valence-electron chi connectivity index (χ3n) is 11.4. The number of carbonyl (C=O) groups excluding carboxylic acids is 2. The van der Waals surface area contributed by atoms with Gasteiger partial charge in [-0.1, -0.05) is 67.1 Å². The Morgan fingerprint density at radius 2 is 1.53 bits per heavy atom. The average molecular weight is 855 g/mol. The molecule has 3 heterocycles. The highest BCUT2D eigenvalue weighted by atomic mass is 35.5. The quantitative estimate of drug-likeness (QED) is 0.0830. The normalized spacial score (nSPS) is 13.4. The van der Waals surface area contributed by atoms with E-state index in [0.717, 1.165) is 46.0 Å². The second-order valence-electron chi connectivity index (χ2n) is 15.4. The lowest BCUT2D eigenvalue weighted by atomic mass is 9.87. The molecular weight excluding hydrogens is 810 g/mol. The van der Waals surface area contributed by atoms with Crippen LogP contribution in [0.5, 0.6) is 5.75 Å². The van der Waals surface area contributed by atoms with Crippen molar-refractivity contribution in [1.29, 1.82) is 0 Å². The van der Waals surface area contributed by atoms with Crippen LogP contribution in [0, 0.1) is 11.6 Å². The molecule has 0 bridgehead atoms. The molecule has 2 amide bonds. The first kappa shape index (κ1) is 42.0. The van der Waals surface area contributed by atoms with Gasteiger partial charge in [0.1, 0.15) is 17.4 Å². The van der Waals surface area contributed by atoms with Crippen LogP contribution in [-0.4, -0.2) is 74.8 Å². The lowest BCUT2D eigenvalue weighted by molar-refractivity contribution is -0.132. The summed E-state index contributed by atoms with van der Waals surface area (Å²) in [6.45, 7) is 3.87. The van der Waals surface area contributed by atoms with Gasteiger partial charge in [0.15, 0.2) is 0 Å². The number of nitrogens with zero attached hydrogens (tertiary/aromatic N) is 4. The van der Waals surface area contributed by atoms with E-state index in [1.807, 2.05) is 55.5 Å². The minimum absolute atomic E-state index is 0.0307. The molecule has 1 aliphatic heterocycles. The Kier molecular flexibility index (Phi) is 12.8. The van der Waals surface area contributed by atoms with Gasteiger partial charge in [-0.3, -0.25) is 19.5 Å². The number of amides is 2. The van der Waals surface area contributed by atoms with Crippen molar-refractivity contribution >= 4 is 56.2 Å². The van der Waals surface area contributed by atoms with Crippen molar-refractivity contribution in [3.8, 4) is 5.75 Å². The van der Waals surface area contributed by atoms with E-state index >= 15 is 4.39 Å². The Morgan fingerprint density at radius 1 is 0.774 bits per heavy atom. The summed E-state index contributed by atoms with van der Waals surface area (Å²) in [5.74, 6) is -0.671. The minimum atomic E-state index is -0.614. The SMILES string of the molecule is CC/C(=C(/c1ccc(OCCCCCC(=O)N2CCN(C(=O)c3cc(Cc4n[nH]c(=O)c5ccccc45)ccc3F)CC2)cc1)c1ccc2[nH]ncc2c1)c1ccc(Cl)cc1F. The Bertz CT molecular complexity index is 2850. The van der Waals surface area contributed by atoms with Gasteiger partial charge in [0.2, 0.25) is 5.91 Å². The summed E-state index contributed by atoms with van der Waals surface area (Å²) in [4.78, 5) is 42.1. The van der Waals surface area contributed by atoms with Crippen molar-refractivity contribution in [2.75, 3.05) is 32.8 Å². The van der Waals surface area contributed by atoms with E-state index in [-0.39, 0.29) is 22.8 Å². The molecule has 1 aliphatic rings. The number of aromatic nitrogens is 4. The first-order valence-electron chi connectivity index (χ1n) is 20.8. The van der Waals surface area contributed by atoms with Crippen molar-refractivity contribution in [1.82, 2.24) is 30.2 Å². The number of allylic oxidation sites excluding steroid dienone is 1. The van der Waals surface area contributed by atoms with Crippen LogP contribution in [0.4, 0.5) is 8.78 Å². The van der Waals surface area contributed by atoms with E-state index in [1.165, 1.54) is 12.1 Å². The number of ether oxygens (including phenoxy) is 1. The summed E-state index contributed by atoms with van der Waals surface area (Å²) in [6, 6.07) is 30.2. The van der Waals surface area contributed by atoms with Crippen molar-refractivity contribution < 1.29 is 23.1 Å². The van der Waals surface area contributed by atoms with Crippen LogP contribution in [0.15, 0.2) is 114 Å². The first-order valence-corrected chi connectivity index (χ1v) is 21.2. The summed E-state index contributed by atoms with van der Waals surface area (Å²) >= 11 is 6.11. The number of rotatable bonds is 14. The first-order chi connectivity index (χ1) is 30.2. The van der Waals surface area contributed by atoms with Gasteiger partial charge in [-0.25, -0.2) is 13.9 Å². The molecule has 13 heteroatoms. The van der Waals surface area contributed by atoms with Crippen LogP contribution in [-0.2, 0) is 11.2 Å². The summed E-state index contributed by atoms with van der Waals surface area (Å²) in [6.07, 6.45) is 5.33. The number of hydrogen-bond acceptors (Lipinski definition) is 6. The van der Waals surface area contributed by atoms with Gasteiger partial charge in [0, 0.05) is 60.4 Å². The second-order valence-corrected chi connectivity index (χ2v) is 15.8. The zero-order chi connectivity index (χ0) is 43.2. The molecule has 0 atom stereocenters. The van der Waals surface area contributed by atoms with Crippen LogP contribution < -0.4 is 10.3 Å². The molecule has 2 aromatic heterocycles. The molecule has 5 aromatic carbocycles. The van der Waals surface area contributed by atoms with Gasteiger partial charge in [-0.05, 0) is 108 Å². The van der Waals surface area contributed by atoms with Gasteiger partial charge >= 0.3 is 0 Å². The summed E-state index contributed by atoms with van der Waals surface area (Å²) < 4.78 is 36.4. The van der Waals surface area contributed by atoms with Crippen molar-refractivity contribution in [3.05, 3.63) is 170 Å². The molecule has 8 rings (SSSR count). The van der Waals surface area contributed by atoms with Crippen molar-refractivity contribution in [2.45, 2.75) is 45.4 Å². The van der Waals surface area contributed by atoms with Crippen LogP contribution in [0.25, 0.3) is 32.8 Å². The van der Waals surface area contributed by atoms with Crippen molar-refractivity contribution in [2.24, 2.45) is 0 Å². The molecule has 1 fully saturated rings. The minimum Gasteiger partial charge on any atom is -0.494 e. The smallest absolute Gasteiger partial charge is 0.272 e. The van der Waals surface area contributed by atoms with E-state index in [4.69, 9.17) is 16.3 Å². The van der Waals surface area contributed by atoms with Crippen LogP contribution in [0.3, 0.4) is 0 Å². The number of piperazine rings is 1. The number of fused-ring (bicyclic) bond motifs is 2. The number of carbonyl (C=O) groups is 2. The summed E-state index contributed by atoms with van der Waals surface area (Å²) in [5, 5.41) is 16.4. The van der Waals surface area contributed by atoms with Gasteiger partial charge in [0.25, 0.3) is 11.5 Å². The molecule has 1 saturated heterocycles. The van der Waals surface area contributed by atoms with E-state index in [0.29, 0.717) is 96.8 Å². The predicted molar refractivity (Wildman–Crippen MR) is 238 cm³/mol. The van der Waals surface area contributed by atoms with Crippen LogP contribution in [0.1, 0.15) is 77.3 Å². The van der Waals surface area contributed by atoms with E-state index < -0.39 is 11.7 Å². The summed E-state index contributed by atoms with van der Waals surface area (Å²) in [5.41, 5.74) is 6.02. The zero-order valence-corrected chi connectivity index (χ0v) is 35.0. The summed E-state index contributed by atoms with van der Waals surface area (Å²) in [7, 11) is 0. The Morgan fingerprint density at radius 3 is 2.31 bits per heavy atom. The number of unbranched alkanes of at least 4 members (excludes halogenated alkanes) is 2. The number of aromatic amines is 2. The number of hydrogen-bond donors (Lipinski definition) is 2. The monoisotopic (exact) mass is 854 g/mol. The van der Waals surface area contributed by atoms with E-state index in [1.54, 1.807) is 52.4 Å². The molecule has 0 radical (unpaired) electrons. The number of benzene rings is 5. The van der Waals surface area contributed by atoms with Crippen LogP contribution >= 0.6 is 11.6 Å². The second kappa shape index (κ2) is 18.9. The number of halogens is 3. The molecule has 62 heavy (non-hydrogen) atoms.